The first-order valence-corrected chi connectivity index (χ1v) is 9.30. The fourth-order valence-corrected chi connectivity index (χ4v) is 2.78. The van der Waals surface area contributed by atoms with Crippen molar-refractivity contribution in [1.82, 2.24) is 9.97 Å². The summed E-state index contributed by atoms with van der Waals surface area (Å²) < 4.78 is 5.40. The molecule has 0 bridgehead atoms. The summed E-state index contributed by atoms with van der Waals surface area (Å²) in [5.74, 6) is 0.816. The van der Waals surface area contributed by atoms with Gasteiger partial charge in [0, 0.05) is 22.9 Å². The standard InChI is InChI=1S/C21H21ClN4O2/c1-3-28-17-10-8-16(9-11-17)25-20(27)19-12-14(2)24-21(26-19)23-13-15-6-4-5-7-18(15)22/h4-12H,3,13H2,1-2H3,(H,25,27)(H,23,24,26). The summed E-state index contributed by atoms with van der Waals surface area (Å²) in [5.41, 5.74) is 2.56. The van der Waals surface area contributed by atoms with Crippen LogP contribution in [0.4, 0.5) is 11.6 Å². The highest BCUT2D eigenvalue weighted by molar-refractivity contribution is 6.31. The number of halogens is 1. The van der Waals surface area contributed by atoms with Crippen molar-refractivity contribution in [2.45, 2.75) is 20.4 Å². The summed E-state index contributed by atoms with van der Waals surface area (Å²) in [7, 11) is 0. The van der Waals surface area contributed by atoms with Crippen LogP contribution in [0.3, 0.4) is 0 Å². The molecular weight excluding hydrogens is 376 g/mol. The van der Waals surface area contributed by atoms with Gasteiger partial charge in [-0.15, -0.1) is 0 Å². The molecule has 0 aliphatic carbocycles. The smallest absolute Gasteiger partial charge is 0.274 e. The Hall–Kier alpha value is -3.12. The van der Waals surface area contributed by atoms with Gasteiger partial charge in [-0.25, -0.2) is 9.97 Å². The zero-order chi connectivity index (χ0) is 19.9. The van der Waals surface area contributed by atoms with Crippen LogP contribution in [0.2, 0.25) is 5.02 Å². The molecule has 0 radical (unpaired) electrons. The quantitative estimate of drug-likeness (QED) is 0.605. The molecule has 28 heavy (non-hydrogen) atoms. The van der Waals surface area contributed by atoms with Crippen molar-refractivity contribution in [3.05, 3.63) is 76.6 Å². The van der Waals surface area contributed by atoms with Crippen molar-refractivity contribution in [2.75, 3.05) is 17.2 Å². The minimum atomic E-state index is -0.310. The van der Waals surface area contributed by atoms with E-state index in [0.717, 1.165) is 11.3 Å². The molecule has 0 saturated heterocycles. The van der Waals surface area contributed by atoms with Gasteiger partial charge in [0.25, 0.3) is 5.91 Å². The van der Waals surface area contributed by atoms with Gasteiger partial charge in [-0.3, -0.25) is 4.79 Å². The fraction of sp³-hybridized carbons (Fsp3) is 0.190. The summed E-state index contributed by atoms with van der Waals surface area (Å²) in [4.78, 5) is 21.2. The number of benzene rings is 2. The van der Waals surface area contributed by atoms with Crippen molar-refractivity contribution in [2.24, 2.45) is 0 Å². The molecule has 1 heterocycles. The van der Waals surface area contributed by atoms with E-state index in [1.54, 1.807) is 30.3 Å². The lowest BCUT2D eigenvalue weighted by Crippen LogP contribution is -2.16. The van der Waals surface area contributed by atoms with E-state index in [9.17, 15) is 4.79 Å². The Balaban J connectivity index is 1.69. The lowest BCUT2D eigenvalue weighted by molar-refractivity contribution is 0.102. The highest BCUT2D eigenvalue weighted by Crippen LogP contribution is 2.18. The van der Waals surface area contributed by atoms with Gasteiger partial charge in [0.15, 0.2) is 0 Å². The summed E-state index contributed by atoms with van der Waals surface area (Å²) in [5, 5.41) is 6.61. The van der Waals surface area contributed by atoms with Gasteiger partial charge >= 0.3 is 0 Å². The number of carbonyl (C=O) groups is 1. The minimum Gasteiger partial charge on any atom is -0.494 e. The molecule has 7 heteroatoms. The zero-order valence-corrected chi connectivity index (χ0v) is 16.5. The van der Waals surface area contributed by atoms with Gasteiger partial charge in [0.05, 0.1) is 6.61 Å². The number of hydrogen-bond acceptors (Lipinski definition) is 5. The molecule has 0 aliphatic rings. The van der Waals surface area contributed by atoms with Crippen molar-refractivity contribution >= 4 is 29.1 Å². The molecule has 0 aliphatic heterocycles. The van der Waals surface area contributed by atoms with Gasteiger partial charge < -0.3 is 15.4 Å². The Morgan fingerprint density at radius 2 is 1.86 bits per heavy atom. The number of nitrogens with zero attached hydrogens (tertiary/aromatic N) is 2. The van der Waals surface area contributed by atoms with Gasteiger partial charge in [-0.1, -0.05) is 29.8 Å². The molecule has 0 unspecified atom stereocenters. The molecular formula is C21H21ClN4O2. The highest BCUT2D eigenvalue weighted by atomic mass is 35.5. The van der Waals surface area contributed by atoms with E-state index in [1.807, 2.05) is 38.1 Å². The number of anilines is 2. The molecule has 144 valence electrons. The molecule has 3 rings (SSSR count). The topological polar surface area (TPSA) is 76.1 Å². The first-order valence-electron chi connectivity index (χ1n) is 8.92. The maximum Gasteiger partial charge on any atom is 0.274 e. The van der Waals surface area contributed by atoms with Crippen LogP contribution < -0.4 is 15.4 Å². The van der Waals surface area contributed by atoms with Gasteiger partial charge in [0.1, 0.15) is 11.4 Å². The molecule has 1 aromatic heterocycles. The van der Waals surface area contributed by atoms with Gasteiger partial charge in [-0.05, 0) is 55.8 Å². The Labute approximate surface area is 168 Å². The van der Waals surface area contributed by atoms with E-state index in [4.69, 9.17) is 16.3 Å². The third-order valence-electron chi connectivity index (χ3n) is 3.90. The van der Waals surface area contributed by atoms with Crippen LogP contribution in [0.15, 0.2) is 54.6 Å². The number of hydrogen-bond donors (Lipinski definition) is 2. The lowest BCUT2D eigenvalue weighted by atomic mass is 10.2. The van der Waals surface area contributed by atoms with Crippen LogP contribution in [0.25, 0.3) is 0 Å². The third kappa shape index (κ3) is 5.20. The number of amides is 1. The van der Waals surface area contributed by atoms with Crippen molar-refractivity contribution < 1.29 is 9.53 Å². The molecule has 1 amide bonds. The lowest BCUT2D eigenvalue weighted by Gasteiger charge is -2.10. The van der Waals surface area contributed by atoms with Crippen LogP contribution in [0, 0.1) is 6.92 Å². The summed E-state index contributed by atoms with van der Waals surface area (Å²) >= 11 is 6.17. The number of rotatable bonds is 7. The van der Waals surface area contributed by atoms with Gasteiger partial charge in [0.2, 0.25) is 5.95 Å². The molecule has 0 spiro atoms. The van der Waals surface area contributed by atoms with E-state index >= 15 is 0 Å². The zero-order valence-electron chi connectivity index (χ0n) is 15.7. The van der Waals surface area contributed by atoms with Crippen LogP contribution >= 0.6 is 11.6 Å². The minimum absolute atomic E-state index is 0.281. The van der Waals surface area contributed by atoms with Crippen molar-refractivity contribution in [3.8, 4) is 5.75 Å². The number of carbonyl (C=O) groups excluding carboxylic acids is 1. The SMILES string of the molecule is CCOc1ccc(NC(=O)c2cc(C)nc(NCc3ccccc3Cl)n2)cc1. The average molecular weight is 397 g/mol. The van der Waals surface area contributed by atoms with Crippen LogP contribution in [0.5, 0.6) is 5.75 Å². The molecule has 2 aromatic carbocycles. The first kappa shape index (κ1) is 19.6. The summed E-state index contributed by atoms with van der Waals surface area (Å²) in [6.45, 7) is 4.79. The number of aryl methyl sites for hydroxylation is 1. The van der Waals surface area contributed by atoms with Crippen molar-refractivity contribution in [3.63, 3.8) is 0 Å². The number of ether oxygens (including phenoxy) is 1. The Morgan fingerprint density at radius 1 is 1.11 bits per heavy atom. The molecule has 2 N–H and O–H groups in total. The maximum atomic E-state index is 12.6. The number of aromatic nitrogens is 2. The second-order valence-electron chi connectivity index (χ2n) is 6.07. The summed E-state index contributed by atoms with van der Waals surface area (Å²) in [6, 6.07) is 16.4. The maximum absolute atomic E-state index is 12.6. The highest BCUT2D eigenvalue weighted by Gasteiger charge is 2.11. The fourth-order valence-electron chi connectivity index (χ4n) is 2.58. The molecule has 6 nitrogen and oxygen atoms in total. The third-order valence-corrected chi connectivity index (χ3v) is 4.27. The van der Waals surface area contributed by atoms with Crippen LogP contribution in [-0.2, 0) is 6.54 Å². The molecule has 3 aromatic rings. The Kier molecular flexibility index (Phi) is 6.45. The second-order valence-corrected chi connectivity index (χ2v) is 6.48. The van der Waals surface area contributed by atoms with Crippen LogP contribution in [-0.4, -0.2) is 22.5 Å². The predicted octanol–water partition coefficient (Wildman–Crippen LogP) is 4.70. The molecule has 0 atom stereocenters. The molecule has 0 saturated carbocycles. The first-order chi connectivity index (χ1) is 13.5. The normalized spacial score (nSPS) is 10.4. The van der Waals surface area contributed by atoms with E-state index in [2.05, 4.69) is 20.6 Å². The average Bonchev–Trinajstić information content (AvgIpc) is 2.69. The van der Waals surface area contributed by atoms with Gasteiger partial charge in [-0.2, -0.15) is 0 Å². The Morgan fingerprint density at radius 3 is 2.57 bits per heavy atom. The predicted molar refractivity (Wildman–Crippen MR) is 111 cm³/mol. The van der Waals surface area contributed by atoms with Crippen molar-refractivity contribution in [1.29, 1.82) is 0 Å². The second kappa shape index (κ2) is 9.19. The number of nitrogens with one attached hydrogen (secondary N) is 2. The molecule has 0 fully saturated rings. The Bertz CT molecular complexity index is 961. The monoisotopic (exact) mass is 396 g/mol. The van der Waals surface area contributed by atoms with E-state index < -0.39 is 0 Å². The van der Waals surface area contributed by atoms with Crippen LogP contribution in [0.1, 0.15) is 28.7 Å². The largest absolute Gasteiger partial charge is 0.494 e. The van der Waals surface area contributed by atoms with E-state index in [0.29, 0.717) is 35.5 Å². The van der Waals surface area contributed by atoms with E-state index in [-0.39, 0.29) is 11.6 Å². The van der Waals surface area contributed by atoms with E-state index in [1.165, 1.54) is 0 Å². The summed E-state index contributed by atoms with van der Waals surface area (Å²) in [6.07, 6.45) is 0.